The van der Waals surface area contributed by atoms with Crippen LogP contribution in [0.2, 0.25) is 0 Å². The zero-order valence-corrected chi connectivity index (χ0v) is 22.3. The summed E-state index contributed by atoms with van der Waals surface area (Å²) in [4.78, 5) is 50.0. The molecule has 6 atom stereocenters. The molecule has 11 nitrogen and oxygen atoms in total. The van der Waals surface area contributed by atoms with Gasteiger partial charge < -0.3 is 18.9 Å². The van der Waals surface area contributed by atoms with E-state index < -0.39 is 107 Å². The van der Waals surface area contributed by atoms with Crippen molar-refractivity contribution in [2.24, 2.45) is 23.7 Å². The van der Waals surface area contributed by atoms with Crippen LogP contribution in [0.4, 0.5) is 17.6 Å². The summed E-state index contributed by atoms with van der Waals surface area (Å²) in [6.07, 6.45) is -0.489. The predicted octanol–water partition coefficient (Wildman–Crippen LogP) is 2.80. The molecule has 40 heavy (non-hydrogen) atoms. The molecule has 4 rings (SSSR count). The predicted molar refractivity (Wildman–Crippen MR) is 122 cm³/mol. The molecule has 3 aliphatic carbocycles. The molecule has 0 spiro atoms. The van der Waals surface area contributed by atoms with Crippen molar-refractivity contribution in [3.8, 4) is 0 Å². The topological polar surface area (TPSA) is 160 Å². The van der Waals surface area contributed by atoms with Gasteiger partial charge in [0.05, 0.1) is 25.9 Å². The lowest BCUT2D eigenvalue weighted by Gasteiger charge is -2.34. The van der Waals surface area contributed by atoms with Crippen LogP contribution in [0.5, 0.6) is 0 Å². The van der Waals surface area contributed by atoms with Crippen LogP contribution in [0.1, 0.15) is 64.7 Å². The Kier molecular flexibility index (Phi) is 8.17. The van der Waals surface area contributed by atoms with Gasteiger partial charge >= 0.3 is 45.2 Å². The van der Waals surface area contributed by atoms with Crippen LogP contribution in [-0.2, 0) is 48.2 Å². The molecule has 4 aliphatic rings. The van der Waals surface area contributed by atoms with Gasteiger partial charge in [-0.15, -0.1) is 0 Å². The molecule has 4 fully saturated rings. The van der Waals surface area contributed by atoms with Gasteiger partial charge in [0.25, 0.3) is 0 Å². The minimum Gasteiger partial charge on any atom is -0.465 e. The number of rotatable bonds is 12. The van der Waals surface area contributed by atoms with Gasteiger partial charge in [-0.25, -0.2) is 0 Å². The lowest BCUT2D eigenvalue weighted by Crippen LogP contribution is -2.47. The molecule has 6 unspecified atom stereocenters. The van der Waals surface area contributed by atoms with E-state index in [-0.39, 0.29) is 5.92 Å². The number of ether oxygens (including phenoxy) is 4. The highest BCUT2D eigenvalue weighted by atomic mass is 32.2. The second-order valence-corrected chi connectivity index (χ2v) is 12.3. The molecule has 2 bridgehead atoms. The van der Waals surface area contributed by atoms with Crippen LogP contribution < -0.4 is 0 Å². The number of carbonyl (C=O) groups excluding carboxylic acids is 4. The number of hydrogen-bond acceptors (Lipinski definition) is 10. The van der Waals surface area contributed by atoms with E-state index in [9.17, 15) is 45.2 Å². The lowest BCUT2D eigenvalue weighted by atomic mass is 9.79. The summed E-state index contributed by atoms with van der Waals surface area (Å²) in [5, 5.41) is -5.80. The molecule has 3 saturated carbocycles. The van der Waals surface area contributed by atoms with E-state index in [1.807, 2.05) is 6.92 Å². The van der Waals surface area contributed by atoms with Crippen molar-refractivity contribution in [1.82, 2.24) is 0 Å². The average Bonchev–Trinajstić information content (AvgIpc) is 3.60. The van der Waals surface area contributed by atoms with Crippen LogP contribution in [0.15, 0.2) is 0 Å². The van der Waals surface area contributed by atoms with Crippen molar-refractivity contribution in [2.75, 3.05) is 6.61 Å². The summed E-state index contributed by atoms with van der Waals surface area (Å²) < 4.78 is 104. The van der Waals surface area contributed by atoms with E-state index in [1.54, 1.807) is 0 Å². The molecule has 0 aromatic carbocycles. The summed E-state index contributed by atoms with van der Waals surface area (Å²) in [7, 11) is -6.42. The minimum absolute atomic E-state index is 0.332. The van der Waals surface area contributed by atoms with Crippen molar-refractivity contribution in [3.05, 3.63) is 0 Å². The third-order valence-corrected chi connectivity index (χ3v) is 9.47. The average molecular weight is 603 g/mol. The standard InChI is InChI=1S/C24H30F4O11S/c1-2-22(7-3-4-8-22)39-21(32)17-13-11-12-16(20(31)38-19(12)17)18(13)37-15(30)6-5-14(29)36-10-9-23(25,26)24(27,28)40(33,34)35/h12-13,16-19H,2-11H2,1H3,(H,33,34,35). The Morgan fingerprint density at radius 3 is 2.30 bits per heavy atom. The molecular formula is C24H30F4O11S. The van der Waals surface area contributed by atoms with E-state index >= 15 is 0 Å². The first-order valence-electron chi connectivity index (χ1n) is 13.0. The van der Waals surface area contributed by atoms with Crippen LogP contribution in [0.3, 0.4) is 0 Å². The molecule has 0 aromatic heterocycles. The first kappa shape index (κ1) is 30.5. The highest BCUT2D eigenvalue weighted by Gasteiger charge is 2.70. The zero-order valence-electron chi connectivity index (χ0n) is 21.5. The van der Waals surface area contributed by atoms with Crippen molar-refractivity contribution in [2.45, 2.75) is 93.7 Å². The van der Waals surface area contributed by atoms with Crippen molar-refractivity contribution < 1.29 is 68.7 Å². The molecule has 226 valence electrons. The van der Waals surface area contributed by atoms with Gasteiger partial charge in [0, 0.05) is 11.8 Å². The minimum atomic E-state index is -6.42. The highest BCUT2D eigenvalue weighted by molar-refractivity contribution is 7.87. The van der Waals surface area contributed by atoms with Crippen molar-refractivity contribution in [3.63, 3.8) is 0 Å². The van der Waals surface area contributed by atoms with Crippen LogP contribution in [0, 0.1) is 23.7 Å². The van der Waals surface area contributed by atoms with Crippen LogP contribution >= 0.6 is 0 Å². The second kappa shape index (κ2) is 10.7. The maximum Gasteiger partial charge on any atom is 0.431 e. The van der Waals surface area contributed by atoms with Gasteiger partial charge in [0.15, 0.2) is 0 Å². The number of hydrogen-bond donors (Lipinski definition) is 1. The Morgan fingerprint density at radius 2 is 1.70 bits per heavy atom. The molecule has 1 N–H and O–H groups in total. The number of fused-ring (bicyclic) bond motifs is 1. The fourth-order valence-corrected chi connectivity index (χ4v) is 6.88. The number of alkyl halides is 4. The van der Waals surface area contributed by atoms with E-state index in [4.69, 9.17) is 18.8 Å². The first-order chi connectivity index (χ1) is 18.5. The molecule has 0 radical (unpaired) electrons. The monoisotopic (exact) mass is 602 g/mol. The fraction of sp³-hybridized carbons (Fsp3) is 0.833. The molecule has 1 heterocycles. The summed E-state index contributed by atoms with van der Waals surface area (Å²) in [6.45, 7) is 0.609. The van der Waals surface area contributed by atoms with Crippen molar-refractivity contribution >= 4 is 34.0 Å². The van der Waals surface area contributed by atoms with Crippen LogP contribution in [-0.4, -0.2) is 72.4 Å². The molecule has 0 aromatic rings. The van der Waals surface area contributed by atoms with E-state index in [0.717, 1.165) is 25.7 Å². The quantitative estimate of drug-likeness (QED) is 0.151. The summed E-state index contributed by atoms with van der Waals surface area (Å²) >= 11 is 0. The van der Waals surface area contributed by atoms with E-state index in [2.05, 4.69) is 4.74 Å². The van der Waals surface area contributed by atoms with Gasteiger partial charge in [0.2, 0.25) is 0 Å². The zero-order chi connectivity index (χ0) is 29.7. The number of carbonyl (C=O) groups is 4. The first-order valence-corrected chi connectivity index (χ1v) is 14.5. The SMILES string of the molecule is CCC1(OC(=O)C2C3CC4C2OC(=O)C4C3OC(=O)CCC(=O)OCCC(F)(F)C(F)(F)S(=O)(=O)O)CCCC1. The van der Waals surface area contributed by atoms with Gasteiger partial charge in [-0.3, -0.25) is 23.7 Å². The van der Waals surface area contributed by atoms with E-state index in [0.29, 0.717) is 12.8 Å². The largest absolute Gasteiger partial charge is 0.465 e. The Labute approximate surface area is 227 Å². The molecule has 1 aliphatic heterocycles. The lowest BCUT2D eigenvalue weighted by molar-refractivity contribution is -0.176. The molecule has 0 amide bonds. The maximum atomic E-state index is 13.5. The Bertz CT molecular complexity index is 1150. The fourth-order valence-electron chi connectivity index (χ4n) is 6.40. The number of halogens is 4. The third-order valence-electron chi connectivity index (χ3n) is 8.52. The van der Waals surface area contributed by atoms with Gasteiger partial charge in [-0.2, -0.15) is 26.0 Å². The van der Waals surface area contributed by atoms with Gasteiger partial charge in [-0.05, 0) is 38.5 Å². The second-order valence-electron chi connectivity index (χ2n) is 10.8. The Balaban J connectivity index is 1.29. The summed E-state index contributed by atoms with van der Waals surface area (Å²) in [5.41, 5.74) is -0.570. The van der Waals surface area contributed by atoms with Crippen molar-refractivity contribution in [1.29, 1.82) is 0 Å². The van der Waals surface area contributed by atoms with E-state index in [1.165, 1.54) is 0 Å². The Morgan fingerprint density at radius 1 is 1.07 bits per heavy atom. The number of esters is 4. The third kappa shape index (κ3) is 5.40. The molecular weight excluding hydrogens is 572 g/mol. The smallest absolute Gasteiger partial charge is 0.431 e. The van der Waals surface area contributed by atoms with Crippen LogP contribution in [0.25, 0.3) is 0 Å². The molecule has 16 heteroatoms. The Hall–Kier alpha value is -2.49. The van der Waals surface area contributed by atoms with Gasteiger partial charge in [-0.1, -0.05) is 6.92 Å². The molecule has 1 saturated heterocycles. The summed E-state index contributed by atoms with van der Waals surface area (Å²) in [6, 6.07) is 0. The normalized spacial score (nSPS) is 30.7. The van der Waals surface area contributed by atoms with Gasteiger partial charge in [0.1, 0.15) is 29.6 Å². The maximum absolute atomic E-state index is 13.5. The highest BCUT2D eigenvalue weighted by Crippen LogP contribution is 2.59. The summed E-state index contributed by atoms with van der Waals surface area (Å²) in [5.74, 6) is -11.0.